The van der Waals surface area contributed by atoms with E-state index in [1.165, 1.54) is 61.7 Å². The van der Waals surface area contributed by atoms with Crippen molar-refractivity contribution in [3.63, 3.8) is 0 Å². The van der Waals surface area contributed by atoms with Gasteiger partial charge in [-0.1, -0.05) is 22.2 Å². The van der Waals surface area contributed by atoms with Crippen molar-refractivity contribution in [1.29, 1.82) is 0 Å². The monoisotopic (exact) mass is 1300 g/mol. The number of methoxy groups -OCH3 is 1. The Kier molecular flexibility index (Phi) is 17.6. The summed E-state index contributed by atoms with van der Waals surface area (Å²) in [6, 6.07) is 16.5. The molecule has 0 aliphatic rings. The summed E-state index contributed by atoms with van der Waals surface area (Å²) in [4.78, 5) is -6.11. The van der Waals surface area contributed by atoms with Gasteiger partial charge in [-0.25, -0.2) is 10.5 Å². The lowest BCUT2D eigenvalue weighted by atomic mass is 10.0. The fourth-order valence-corrected chi connectivity index (χ4v) is 12.1. The first-order valence-corrected chi connectivity index (χ1v) is 30.4. The minimum Gasteiger partial charge on any atom is -0.505 e. The van der Waals surface area contributed by atoms with Crippen molar-refractivity contribution in [3.8, 4) is 23.0 Å². The van der Waals surface area contributed by atoms with Gasteiger partial charge in [-0.05, 0) is 95.7 Å². The third-order valence-corrected chi connectivity index (χ3v) is 17.0. The molecular weight excluding hydrogens is 1270 g/mol. The standard InChI is InChI=1S/C43H31N9O25S7/c1-73-21-7-10-25(28(16-21)78-76-74-56)46-52-38-33(83(67,68)69)17-24-23(41(38)54)9-11-27(43(24)84(70,71)72)48-50-37-31(81(61,62)63)14-19-15-32(82(64,65)66)39(42(55)34(19)35(37)44)51-45-20-6-8-22-18(12-20)13-29(79-77-75-57)36(40(22)53)49-47-26-4-2-3-5-30(26)80(58,59)60/h2-17,53-57H,44H2,1H3,(H,58,59,60)(H,61,62,63)(H,64,65,66)(H,67,68,69)(H,70,71,72). The Morgan fingerprint density at radius 1 is 0.440 bits per heavy atom. The Bertz CT molecular complexity index is 4780. The van der Waals surface area contributed by atoms with Gasteiger partial charge in [0.1, 0.15) is 70.0 Å². The highest BCUT2D eigenvalue weighted by Crippen LogP contribution is 2.51. The van der Waals surface area contributed by atoms with E-state index in [0.717, 1.165) is 24.3 Å². The highest BCUT2D eigenvalue weighted by molar-refractivity contribution is 7.95. The zero-order valence-corrected chi connectivity index (χ0v) is 46.6. The first-order chi connectivity index (χ1) is 39.4. The van der Waals surface area contributed by atoms with Gasteiger partial charge in [0.15, 0.2) is 17.2 Å². The van der Waals surface area contributed by atoms with Crippen LogP contribution in [0.3, 0.4) is 0 Å². The summed E-state index contributed by atoms with van der Waals surface area (Å²) in [5.41, 5.74) is -0.0677. The molecule has 12 N–H and O–H groups in total. The molecule has 8 aromatic rings. The van der Waals surface area contributed by atoms with Crippen molar-refractivity contribution in [3.05, 3.63) is 97.1 Å². The molecular formula is C43H31N9O25S7. The Morgan fingerprint density at radius 3 is 1.57 bits per heavy atom. The minimum absolute atomic E-state index is 0.00507. The molecule has 0 fully saturated rings. The number of aromatic hydroxyl groups is 3. The number of hydrogen-bond acceptors (Lipinski definition) is 31. The van der Waals surface area contributed by atoms with Crippen LogP contribution in [0.1, 0.15) is 0 Å². The van der Waals surface area contributed by atoms with Crippen molar-refractivity contribution in [1.82, 2.24) is 0 Å². The summed E-state index contributed by atoms with van der Waals surface area (Å²) in [5.74, 6) is -2.92. The summed E-state index contributed by atoms with van der Waals surface area (Å²) in [6.45, 7) is 0. The number of rotatable bonds is 20. The SMILES string of the molecule is COc1ccc(N=Nc2c(S(=O)(=O)O)cc3c(S(=O)(=O)O)c(N=Nc4c(S(=O)(=O)O)cc5cc(S(=O)(=O)O)c(N=Nc6ccc7c(O)c(N=Nc8ccccc8S(=O)(=O)O)c(SOOO)cc7c6)c(O)c5c4N)ccc3c2O)c(SOOO)c1. The number of nitrogens with zero attached hydrogens (tertiary/aromatic N) is 8. The van der Waals surface area contributed by atoms with Crippen molar-refractivity contribution < 1.29 is 114 Å². The van der Waals surface area contributed by atoms with Gasteiger partial charge in [0.05, 0.1) is 57.7 Å². The molecule has 0 aromatic heterocycles. The fraction of sp³-hybridized carbons (Fsp3) is 0.0233. The van der Waals surface area contributed by atoms with Crippen molar-refractivity contribution in [2.24, 2.45) is 40.9 Å². The van der Waals surface area contributed by atoms with E-state index in [2.05, 4.69) is 59.7 Å². The summed E-state index contributed by atoms with van der Waals surface area (Å²) in [5, 5.41) is 86.6. The normalized spacial score (nSPS) is 13.0. The van der Waals surface area contributed by atoms with Crippen LogP contribution in [0.4, 0.5) is 51.2 Å². The topological polar surface area (TPSA) is 544 Å². The largest absolute Gasteiger partial charge is 0.505 e. The van der Waals surface area contributed by atoms with Crippen LogP contribution < -0.4 is 10.5 Å². The summed E-state index contributed by atoms with van der Waals surface area (Å²) >= 11 is 0.608. The molecule has 8 rings (SSSR count). The lowest BCUT2D eigenvalue weighted by Gasteiger charge is -2.14. The van der Waals surface area contributed by atoms with Crippen LogP contribution in [0.25, 0.3) is 32.3 Å². The number of nitrogen functional groups attached to an aromatic ring is 1. The summed E-state index contributed by atoms with van der Waals surface area (Å²) in [7, 11) is -25.8. The summed E-state index contributed by atoms with van der Waals surface area (Å²) in [6.07, 6.45) is 0. The van der Waals surface area contributed by atoms with Crippen molar-refractivity contribution in [2.75, 3.05) is 12.8 Å². The van der Waals surface area contributed by atoms with Gasteiger partial charge in [0, 0.05) is 16.2 Å². The van der Waals surface area contributed by atoms with Gasteiger partial charge in [0.25, 0.3) is 50.6 Å². The van der Waals surface area contributed by atoms with Gasteiger partial charge in [-0.3, -0.25) is 22.8 Å². The van der Waals surface area contributed by atoms with Crippen LogP contribution in [-0.2, 0) is 69.3 Å². The molecule has 0 aliphatic carbocycles. The van der Waals surface area contributed by atoms with E-state index in [-0.39, 0.29) is 55.4 Å². The van der Waals surface area contributed by atoms with Crippen LogP contribution in [0, 0.1) is 0 Å². The molecule has 0 saturated carbocycles. The first kappa shape index (κ1) is 62.0. The van der Waals surface area contributed by atoms with E-state index in [4.69, 9.17) is 21.0 Å². The Morgan fingerprint density at radius 2 is 0.952 bits per heavy atom. The Labute approximate surface area is 477 Å². The lowest BCUT2D eigenvalue weighted by Crippen LogP contribution is -2.04. The van der Waals surface area contributed by atoms with E-state index in [0.29, 0.717) is 30.2 Å². The minimum atomic E-state index is -5.68. The fourth-order valence-electron chi connectivity index (χ4n) is 7.74. The zero-order valence-electron chi connectivity index (χ0n) is 40.8. The number of hydrogen-bond donors (Lipinski definition) is 11. The molecule has 0 bridgehead atoms. The molecule has 0 saturated heterocycles. The van der Waals surface area contributed by atoms with E-state index >= 15 is 0 Å². The average molecular weight is 1300 g/mol. The maximum Gasteiger partial charge on any atom is 0.297 e. The number of azo groups is 4. The van der Waals surface area contributed by atoms with Gasteiger partial charge in [0.2, 0.25) is 0 Å². The van der Waals surface area contributed by atoms with E-state index in [1.807, 2.05) is 0 Å². The molecule has 0 heterocycles. The van der Waals surface area contributed by atoms with Crippen LogP contribution >= 0.6 is 24.1 Å². The van der Waals surface area contributed by atoms with Gasteiger partial charge < -0.3 is 25.8 Å². The first-order valence-electron chi connectivity index (χ1n) is 21.7. The number of nitrogens with two attached hydrogens (primary N) is 1. The molecule has 84 heavy (non-hydrogen) atoms. The molecule has 440 valence electrons. The Hall–Kier alpha value is -8.05. The molecule has 0 radical (unpaired) electrons. The zero-order chi connectivity index (χ0) is 61.4. The van der Waals surface area contributed by atoms with E-state index in [9.17, 15) is 80.2 Å². The third-order valence-electron chi connectivity index (χ3n) is 11.3. The number of fused-ring (bicyclic) bond motifs is 3. The quantitative estimate of drug-likeness (QED) is 0.00843. The molecule has 34 nitrogen and oxygen atoms in total. The lowest BCUT2D eigenvalue weighted by molar-refractivity contribution is -0.432. The molecule has 0 amide bonds. The summed E-state index contributed by atoms with van der Waals surface area (Å²) < 4.78 is 192. The smallest absolute Gasteiger partial charge is 0.297 e. The molecule has 41 heteroatoms. The van der Waals surface area contributed by atoms with Gasteiger partial charge >= 0.3 is 0 Å². The maximum atomic E-state index is 13.1. The highest BCUT2D eigenvalue weighted by atomic mass is 32.2. The molecule has 0 atom stereocenters. The Balaban J connectivity index is 1.25. The number of benzene rings is 8. The van der Waals surface area contributed by atoms with Gasteiger partial charge in [-0.15, -0.1) is 44.5 Å². The molecule has 0 aliphatic heterocycles. The van der Waals surface area contributed by atoms with Crippen LogP contribution in [0.2, 0.25) is 0 Å². The number of phenols is 3. The highest BCUT2D eigenvalue weighted by Gasteiger charge is 2.31. The second-order valence-corrected chi connectivity index (χ2v) is 24.7. The van der Waals surface area contributed by atoms with Crippen molar-refractivity contribution >= 4 is 158 Å². The van der Waals surface area contributed by atoms with Crippen LogP contribution in [-0.4, -0.2) is 97.8 Å². The average Bonchev–Trinajstić information content (AvgIpc) is 1.07. The number of anilines is 1. The third kappa shape index (κ3) is 13.0. The maximum absolute atomic E-state index is 13.1. The van der Waals surface area contributed by atoms with Gasteiger partial charge in [-0.2, -0.15) is 47.2 Å². The van der Waals surface area contributed by atoms with Crippen LogP contribution in [0.5, 0.6) is 23.0 Å². The van der Waals surface area contributed by atoms with Crippen molar-refractivity contribution in [2.45, 2.75) is 34.3 Å². The molecule has 8 aromatic carbocycles. The van der Waals surface area contributed by atoms with E-state index in [1.54, 1.807) is 0 Å². The number of phenolic OH excluding ortho intramolecular Hbond substituents is 3. The second kappa shape index (κ2) is 23.9. The number of ether oxygens (including phenoxy) is 1. The van der Waals surface area contributed by atoms with E-state index < -0.39 is 148 Å². The molecule has 0 spiro atoms. The predicted octanol–water partition coefficient (Wildman–Crippen LogP) is 10.6. The predicted molar refractivity (Wildman–Crippen MR) is 288 cm³/mol. The molecule has 0 unspecified atom stereocenters. The second-order valence-electron chi connectivity index (χ2n) is 16.3. The van der Waals surface area contributed by atoms with Crippen LogP contribution in [0.15, 0.2) is 172 Å².